The molecule has 3 aromatic rings. The van der Waals surface area contributed by atoms with Gasteiger partial charge in [0.25, 0.3) is 5.91 Å². The molecule has 28 heavy (non-hydrogen) atoms. The summed E-state index contributed by atoms with van der Waals surface area (Å²) in [6.07, 6.45) is 4.09. The number of ether oxygens (including phenoxy) is 1. The van der Waals surface area contributed by atoms with Gasteiger partial charge in [0.1, 0.15) is 5.75 Å². The van der Waals surface area contributed by atoms with Crippen LogP contribution in [0.15, 0.2) is 59.4 Å². The third kappa shape index (κ3) is 4.17. The fourth-order valence-corrected chi connectivity index (χ4v) is 3.31. The number of carbonyl (C=O) groups is 1. The number of amides is 1. The van der Waals surface area contributed by atoms with Gasteiger partial charge in [0, 0.05) is 30.5 Å². The molecule has 1 aliphatic rings. The molecule has 1 amide bonds. The van der Waals surface area contributed by atoms with E-state index < -0.39 is 0 Å². The van der Waals surface area contributed by atoms with Gasteiger partial charge in [-0.3, -0.25) is 14.7 Å². The van der Waals surface area contributed by atoms with Crippen LogP contribution >= 0.6 is 0 Å². The molecule has 2 atom stereocenters. The first-order valence-electron chi connectivity index (χ1n) is 9.10. The third-order valence-corrected chi connectivity index (χ3v) is 4.67. The molecular formula is C20H21N5O3. The second-order valence-corrected chi connectivity index (χ2v) is 6.76. The number of carbonyl (C=O) groups excluding carboxylic acids is 1. The maximum Gasteiger partial charge on any atom is 0.258 e. The number of benzene rings is 1. The summed E-state index contributed by atoms with van der Waals surface area (Å²) in [6.45, 7) is 0.687. The van der Waals surface area contributed by atoms with Gasteiger partial charge in [0.05, 0.1) is 6.04 Å². The Hall–Kier alpha value is -3.26. The SMILES string of the molecule is CN1C[C@@H](NC(=O)COc2ccccc2)C[C@H]1c1nc(-c2cccnc2)no1. The molecule has 1 fully saturated rings. The van der Waals surface area contributed by atoms with Crippen LogP contribution in [0.3, 0.4) is 0 Å². The topological polar surface area (TPSA) is 93.4 Å². The number of nitrogens with one attached hydrogen (secondary N) is 1. The molecule has 1 N–H and O–H groups in total. The van der Waals surface area contributed by atoms with Crippen molar-refractivity contribution in [2.75, 3.05) is 20.2 Å². The van der Waals surface area contributed by atoms with Crippen LogP contribution in [0, 0.1) is 0 Å². The minimum Gasteiger partial charge on any atom is -0.484 e. The van der Waals surface area contributed by atoms with E-state index in [-0.39, 0.29) is 24.6 Å². The molecule has 0 radical (unpaired) electrons. The molecule has 3 heterocycles. The molecule has 2 aromatic heterocycles. The number of pyridine rings is 1. The Morgan fingerprint density at radius 1 is 1.29 bits per heavy atom. The smallest absolute Gasteiger partial charge is 0.258 e. The summed E-state index contributed by atoms with van der Waals surface area (Å²) in [5, 5.41) is 7.07. The maximum atomic E-state index is 12.2. The maximum absolute atomic E-state index is 12.2. The third-order valence-electron chi connectivity index (χ3n) is 4.67. The van der Waals surface area contributed by atoms with Gasteiger partial charge in [0.2, 0.25) is 11.7 Å². The van der Waals surface area contributed by atoms with Crippen molar-refractivity contribution < 1.29 is 14.1 Å². The fourth-order valence-electron chi connectivity index (χ4n) is 3.31. The number of hydrogen-bond donors (Lipinski definition) is 1. The minimum absolute atomic E-state index is 0.00406. The largest absolute Gasteiger partial charge is 0.484 e. The van der Waals surface area contributed by atoms with Crippen LogP contribution in [0.1, 0.15) is 18.4 Å². The first-order chi connectivity index (χ1) is 13.7. The van der Waals surface area contributed by atoms with E-state index in [1.807, 2.05) is 49.5 Å². The zero-order chi connectivity index (χ0) is 19.3. The number of nitrogens with zero attached hydrogens (tertiary/aromatic N) is 4. The van der Waals surface area contributed by atoms with Crippen LogP contribution in [0.25, 0.3) is 11.4 Å². The van der Waals surface area contributed by atoms with Crippen LogP contribution in [0.5, 0.6) is 5.75 Å². The second kappa shape index (κ2) is 8.18. The van der Waals surface area contributed by atoms with Crippen molar-refractivity contribution >= 4 is 5.91 Å². The van der Waals surface area contributed by atoms with E-state index in [2.05, 4.69) is 25.3 Å². The van der Waals surface area contributed by atoms with E-state index in [1.54, 1.807) is 12.4 Å². The molecule has 144 valence electrons. The number of aromatic nitrogens is 3. The quantitative estimate of drug-likeness (QED) is 0.701. The van der Waals surface area contributed by atoms with Gasteiger partial charge in [-0.1, -0.05) is 23.4 Å². The molecule has 0 saturated carbocycles. The lowest BCUT2D eigenvalue weighted by molar-refractivity contribution is -0.123. The van der Waals surface area contributed by atoms with Crippen molar-refractivity contribution in [3.05, 3.63) is 60.7 Å². The normalized spacial score (nSPS) is 19.5. The van der Waals surface area contributed by atoms with E-state index in [0.717, 1.165) is 5.56 Å². The van der Waals surface area contributed by atoms with Crippen molar-refractivity contribution in [1.82, 2.24) is 25.3 Å². The number of likely N-dealkylation sites (N-methyl/N-ethyl adjacent to an activating group) is 1. The predicted octanol–water partition coefficient (Wildman–Crippen LogP) is 2.07. The lowest BCUT2D eigenvalue weighted by Gasteiger charge is -2.14. The first kappa shape index (κ1) is 18.1. The molecule has 4 rings (SSSR count). The molecule has 0 spiro atoms. The summed E-state index contributed by atoms with van der Waals surface area (Å²) in [7, 11) is 1.98. The molecule has 1 aromatic carbocycles. The Morgan fingerprint density at radius 2 is 2.14 bits per heavy atom. The molecule has 1 aliphatic heterocycles. The van der Waals surface area contributed by atoms with Crippen LogP contribution < -0.4 is 10.1 Å². The summed E-state index contributed by atoms with van der Waals surface area (Å²) >= 11 is 0. The van der Waals surface area contributed by atoms with Crippen molar-refractivity contribution in [3.63, 3.8) is 0 Å². The molecule has 1 saturated heterocycles. The van der Waals surface area contributed by atoms with Crippen LogP contribution in [-0.4, -0.2) is 52.2 Å². The van der Waals surface area contributed by atoms with E-state index >= 15 is 0 Å². The standard InChI is InChI=1S/C20H21N5O3/c1-25-12-15(22-18(26)13-27-16-7-3-2-4-8-16)10-17(25)20-23-19(24-28-20)14-6-5-9-21-11-14/h2-9,11,15,17H,10,12-13H2,1H3,(H,22,26)/t15-,17-/m0/s1. The summed E-state index contributed by atoms with van der Waals surface area (Å²) in [4.78, 5) is 22.9. The van der Waals surface area contributed by atoms with E-state index in [0.29, 0.717) is 30.4 Å². The molecule has 0 bridgehead atoms. The lowest BCUT2D eigenvalue weighted by Crippen LogP contribution is -2.39. The van der Waals surface area contributed by atoms with Crippen molar-refractivity contribution in [3.8, 4) is 17.1 Å². The first-order valence-corrected chi connectivity index (χ1v) is 9.10. The van der Waals surface area contributed by atoms with Gasteiger partial charge < -0.3 is 14.6 Å². The van der Waals surface area contributed by atoms with E-state index in [9.17, 15) is 4.79 Å². The Kier molecular flexibility index (Phi) is 5.29. The highest BCUT2D eigenvalue weighted by Crippen LogP contribution is 2.30. The highest BCUT2D eigenvalue weighted by atomic mass is 16.5. The average molecular weight is 379 g/mol. The summed E-state index contributed by atoms with van der Waals surface area (Å²) in [6, 6.07) is 12.9. The number of rotatable bonds is 6. The van der Waals surface area contributed by atoms with Crippen molar-refractivity contribution in [2.24, 2.45) is 0 Å². The van der Waals surface area contributed by atoms with Gasteiger partial charge in [-0.15, -0.1) is 0 Å². The summed E-state index contributed by atoms with van der Waals surface area (Å²) < 4.78 is 11.0. The van der Waals surface area contributed by atoms with E-state index in [4.69, 9.17) is 9.26 Å². The molecule has 8 nitrogen and oxygen atoms in total. The minimum atomic E-state index is -0.149. The van der Waals surface area contributed by atoms with Crippen LogP contribution in [0.4, 0.5) is 0 Å². The van der Waals surface area contributed by atoms with Crippen LogP contribution in [0.2, 0.25) is 0 Å². The predicted molar refractivity (Wildman–Crippen MR) is 101 cm³/mol. The number of likely N-dealkylation sites (tertiary alicyclic amines) is 1. The molecule has 0 aliphatic carbocycles. The Morgan fingerprint density at radius 3 is 2.93 bits per heavy atom. The van der Waals surface area contributed by atoms with Gasteiger partial charge in [0.15, 0.2) is 6.61 Å². The highest BCUT2D eigenvalue weighted by molar-refractivity contribution is 5.77. The molecule has 8 heteroatoms. The zero-order valence-electron chi connectivity index (χ0n) is 15.5. The average Bonchev–Trinajstić information content (AvgIpc) is 3.34. The number of para-hydroxylation sites is 1. The molecule has 0 unspecified atom stereocenters. The van der Waals surface area contributed by atoms with E-state index in [1.165, 1.54) is 0 Å². The Labute approximate surface area is 162 Å². The second-order valence-electron chi connectivity index (χ2n) is 6.76. The van der Waals surface area contributed by atoms with Crippen molar-refractivity contribution in [1.29, 1.82) is 0 Å². The fraction of sp³-hybridized carbons (Fsp3) is 0.300. The van der Waals surface area contributed by atoms with Gasteiger partial charge in [-0.25, -0.2) is 0 Å². The zero-order valence-corrected chi connectivity index (χ0v) is 15.5. The monoisotopic (exact) mass is 379 g/mol. The molecular weight excluding hydrogens is 358 g/mol. The highest BCUT2D eigenvalue weighted by Gasteiger charge is 2.35. The summed E-state index contributed by atoms with van der Waals surface area (Å²) in [5.74, 6) is 1.58. The van der Waals surface area contributed by atoms with Crippen LogP contribution in [-0.2, 0) is 4.79 Å². The Bertz CT molecular complexity index is 916. The lowest BCUT2D eigenvalue weighted by atomic mass is 10.1. The van der Waals surface area contributed by atoms with Gasteiger partial charge in [-0.2, -0.15) is 4.98 Å². The van der Waals surface area contributed by atoms with Gasteiger partial charge >= 0.3 is 0 Å². The van der Waals surface area contributed by atoms with Gasteiger partial charge in [-0.05, 0) is 37.7 Å². The van der Waals surface area contributed by atoms with Crippen molar-refractivity contribution in [2.45, 2.75) is 18.5 Å². The Balaban J connectivity index is 1.33. The summed E-state index contributed by atoms with van der Waals surface area (Å²) in [5.41, 5.74) is 0.807. The number of hydrogen-bond acceptors (Lipinski definition) is 7.